The van der Waals surface area contributed by atoms with Crippen molar-refractivity contribution in [1.82, 2.24) is 15.2 Å². The van der Waals surface area contributed by atoms with Crippen LogP contribution in [0, 0.1) is 5.92 Å². The monoisotopic (exact) mass is 329 g/mol. The molecule has 2 aliphatic rings. The molecule has 0 aliphatic carbocycles. The van der Waals surface area contributed by atoms with Crippen molar-refractivity contribution in [2.75, 3.05) is 13.1 Å². The Bertz CT molecular complexity index is 566. The lowest BCUT2D eigenvalue weighted by Gasteiger charge is -2.51. The molecular formula is C20H31N3O. The van der Waals surface area contributed by atoms with Gasteiger partial charge in [-0.3, -0.25) is 14.7 Å². The quantitative estimate of drug-likeness (QED) is 0.865. The molecule has 3 rings (SSSR count). The summed E-state index contributed by atoms with van der Waals surface area (Å²) in [6.45, 7) is 11.2. The first-order valence-electron chi connectivity index (χ1n) is 9.24. The van der Waals surface area contributed by atoms with E-state index in [1.54, 1.807) is 6.20 Å². The summed E-state index contributed by atoms with van der Waals surface area (Å²) in [4.78, 5) is 19.6. The van der Waals surface area contributed by atoms with Crippen molar-refractivity contribution in [3.8, 4) is 0 Å². The number of hydrogen-bond donors (Lipinski definition) is 1. The van der Waals surface area contributed by atoms with E-state index >= 15 is 0 Å². The van der Waals surface area contributed by atoms with Crippen LogP contribution in [-0.4, -0.2) is 45.9 Å². The average Bonchev–Trinajstić information content (AvgIpc) is 2.52. The highest BCUT2D eigenvalue weighted by Gasteiger charge is 2.41. The number of rotatable bonds is 3. The van der Waals surface area contributed by atoms with Gasteiger partial charge in [0.2, 0.25) is 0 Å². The Morgan fingerprint density at radius 1 is 1.21 bits per heavy atom. The van der Waals surface area contributed by atoms with Crippen LogP contribution in [0.1, 0.15) is 63.9 Å². The van der Waals surface area contributed by atoms with Crippen LogP contribution in [0.4, 0.5) is 0 Å². The van der Waals surface area contributed by atoms with Gasteiger partial charge >= 0.3 is 0 Å². The zero-order chi connectivity index (χ0) is 17.4. The molecule has 4 heteroatoms. The fourth-order valence-electron chi connectivity index (χ4n) is 4.80. The number of ketones is 1. The molecule has 1 aromatic rings. The van der Waals surface area contributed by atoms with Crippen LogP contribution in [-0.2, 0) is 0 Å². The number of carbonyl (C=O) groups excluding carboxylic acids is 1. The first-order valence-corrected chi connectivity index (χ1v) is 9.24. The maximum atomic E-state index is 12.8. The minimum absolute atomic E-state index is 0.0924. The molecule has 0 bridgehead atoms. The Kier molecular flexibility index (Phi) is 4.80. The van der Waals surface area contributed by atoms with Crippen molar-refractivity contribution in [2.24, 2.45) is 5.92 Å². The first kappa shape index (κ1) is 17.6. The normalized spacial score (nSPS) is 27.8. The third kappa shape index (κ3) is 4.04. The van der Waals surface area contributed by atoms with Crippen LogP contribution in [0.15, 0.2) is 24.4 Å². The summed E-state index contributed by atoms with van der Waals surface area (Å²) in [6.07, 6.45) is 6.09. The fourth-order valence-corrected chi connectivity index (χ4v) is 4.80. The summed E-state index contributed by atoms with van der Waals surface area (Å²) in [5.74, 6) is 0.308. The molecule has 1 unspecified atom stereocenters. The molecule has 2 saturated heterocycles. The molecule has 2 fully saturated rings. The Hall–Kier alpha value is -1.26. The number of hydrogen-bond acceptors (Lipinski definition) is 4. The summed E-state index contributed by atoms with van der Waals surface area (Å²) < 4.78 is 0. The largest absolute Gasteiger partial charge is 0.307 e. The van der Waals surface area contributed by atoms with E-state index in [1.165, 1.54) is 0 Å². The van der Waals surface area contributed by atoms with Crippen molar-refractivity contribution in [3.63, 3.8) is 0 Å². The van der Waals surface area contributed by atoms with Crippen LogP contribution in [0.2, 0.25) is 0 Å². The second-order valence-corrected chi connectivity index (χ2v) is 8.87. The SMILES string of the molecule is CC1(C)CC(N2CCCC(C(=O)c3ccccn3)C2)CC(C)(C)N1. The molecule has 4 nitrogen and oxygen atoms in total. The number of piperidine rings is 2. The van der Waals surface area contributed by atoms with Crippen LogP contribution >= 0.6 is 0 Å². The smallest absolute Gasteiger partial charge is 0.185 e. The minimum Gasteiger partial charge on any atom is -0.307 e. The predicted octanol–water partition coefficient (Wildman–Crippen LogP) is 3.29. The number of pyridine rings is 1. The van der Waals surface area contributed by atoms with Gasteiger partial charge in [0.05, 0.1) is 0 Å². The standard InChI is InChI=1S/C20H31N3O/c1-19(2)12-16(13-20(3,4)22-19)23-11-7-8-15(14-23)18(24)17-9-5-6-10-21-17/h5-6,9-10,15-16,22H,7-8,11-14H2,1-4H3. The topological polar surface area (TPSA) is 45.2 Å². The van der Waals surface area contributed by atoms with Gasteiger partial charge in [-0.2, -0.15) is 0 Å². The second kappa shape index (κ2) is 6.57. The molecule has 2 aliphatic heterocycles. The Balaban J connectivity index is 1.70. The molecule has 132 valence electrons. The molecule has 1 aromatic heterocycles. The molecule has 0 aromatic carbocycles. The van der Waals surface area contributed by atoms with Crippen molar-refractivity contribution in [1.29, 1.82) is 0 Å². The van der Waals surface area contributed by atoms with E-state index in [-0.39, 0.29) is 22.8 Å². The first-order chi connectivity index (χ1) is 11.3. The second-order valence-electron chi connectivity index (χ2n) is 8.87. The third-order valence-electron chi connectivity index (χ3n) is 5.43. The van der Waals surface area contributed by atoms with Gasteiger partial charge < -0.3 is 5.32 Å². The third-order valence-corrected chi connectivity index (χ3v) is 5.43. The van der Waals surface area contributed by atoms with Gasteiger partial charge in [-0.15, -0.1) is 0 Å². The lowest BCUT2D eigenvalue weighted by molar-refractivity contribution is 0.0375. The Morgan fingerprint density at radius 2 is 1.92 bits per heavy atom. The number of aromatic nitrogens is 1. The van der Waals surface area contributed by atoms with E-state index in [1.807, 2.05) is 18.2 Å². The number of nitrogens with zero attached hydrogens (tertiary/aromatic N) is 2. The molecule has 0 spiro atoms. The maximum Gasteiger partial charge on any atom is 0.185 e. The maximum absolute atomic E-state index is 12.8. The van der Waals surface area contributed by atoms with Crippen LogP contribution in [0.5, 0.6) is 0 Å². The molecule has 0 saturated carbocycles. The van der Waals surface area contributed by atoms with E-state index in [2.05, 4.69) is 42.9 Å². The fraction of sp³-hybridized carbons (Fsp3) is 0.700. The number of nitrogens with one attached hydrogen (secondary N) is 1. The van der Waals surface area contributed by atoms with Gasteiger partial charge in [0.1, 0.15) is 5.69 Å². The van der Waals surface area contributed by atoms with Gasteiger partial charge in [0, 0.05) is 35.8 Å². The lowest BCUT2D eigenvalue weighted by Crippen LogP contribution is -2.63. The number of carbonyl (C=O) groups is 1. The van der Waals surface area contributed by atoms with Crippen molar-refractivity contribution in [2.45, 2.75) is 70.5 Å². The summed E-state index contributed by atoms with van der Waals surface area (Å²) >= 11 is 0. The molecular weight excluding hydrogens is 298 g/mol. The van der Waals surface area contributed by atoms with Crippen LogP contribution in [0.25, 0.3) is 0 Å². The van der Waals surface area contributed by atoms with Gasteiger partial charge in [-0.25, -0.2) is 0 Å². The van der Waals surface area contributed by atoms with Gasteiger partial charge in [0.25, 0.3) is 0 Å². The zero-order valence-corrected chi connectivity index (χ0v) is 15.5. The minimum atomic E-state index is 0.0924. The summed E-state index contributed by atoms with van der Waals surface area (Å²) in [5.41, 5.74) is 0.907. The van der Waals surface area contributed by atoms with Crippen LogP contribution < -0.4 is 5.32 Å². The molecule has 0 amide bonds. The average molecular weight is 329 g/mol. The van der Waals surface area contributed by atoms with E-state index < -0.39 is 0 Å². The van der Waals surface area contributed by atoms with Gasteiger partial charge in [-0.05, 0) is 72.1 Å². The van der Waals surface area contributed by atoms with Crippen molar-refractivity contribution in [3.05, 3.63) is 30.1 Å². The molecule has 1 atom stereocenters. The summed E-state index contributed by atoms with van der Waals surface area (Å²) in [5, 5.41) is 3.76. The number of Topliss-reactive ketones (excluding diaryl/α,β-unsaturated/α-hetero) is 1. The van der Waals surface area contributed by atoms with E-state index in [9.17, 15) is 4.79 Å². The highest BCUT2D eigenvalue weighted by Crippen LogP contribution is 2.34. The van der Waals surface area contributed by atoms with E-state index in [0.29, 0.717) is 11.7 Å². The van der Waals surface area contributed by atoms with E-state index in [0.717, 1.165) is 38.8 Å². The van der Waals surface area contributed by atoms with Crippen molar-refractivity contribution < 1.29 is 4.79 Å². The lowest BCUT2D eigenvalue weighted by atomic mass is 9.78. The predicted molar refractivity (Wildman–Crippen MR) is 97.2 cm³/mol. The molecule has 3 heterocycles. The van der Waals surface area contributed by atoms with E-state index in [4.69, 9.17) is 0 Å². The summed E-state index contributed by atoms with van der Waals surface area (Å²) in [7, 11) is 0. The summed E-state index contributed by atoms with van der Waals surface area (Å²) in [6, 6.07) is 6.16. The van der Waals surface area contributed by atoms with Crippen molar-refractivity contribution >= 4 is 5.78 Å². The zero-order valence-electron chi connectivity index (χ0n) is 15.5. The number of likely N-dealkylation sites (tertiary alicyclic amines) is 1. The van der Waals surface area contributed by atoms with Gasteiger partial charge in [-0.1, -0.05) is 6.07 Å². The molecule has 1 N–H and O–H groups in total. The highest BCUT2D eigenvalue weighted by atomic mass is 16.1. The van der Waals surface area contributed by atoms with Gasteiger partial charge in [0.15, 0.2) is 5.78 Å². The Labute approximate surface area is 146 Å². The highest BCUT2D eigenvalue weighted by molar-refractivity contribution is 5.96. The Morgan fingerprint density at radius 3 is 2.54 bits per heavy atom. The van der Waals surface area contributed by atoms with Crippen LogP contribution in [0.3, 0.4) is 0 Å². The molecule has 24 heavy (non-hydrogen) atoms. The molecule has 0 radical (unpaired) electrons.